The summed E-state index contributed by atoms with van der Waals surface area (Å²) in [5.41, 5.74) is -0.233. The summed E-state index contributed by atoms with van der Waals surface area (Å²) in [6, 6.07) is 1.38. The highest BCUT2D eigenvalue weighted by molar-refractivity contribution is 5.98. The van der Waals surface area contributed by atoms with Gasteiger partial charge in [-0.05, 0) is 11.3 Å². The molecule has 1 aromatic rings. The van der Waals surface area contributed by atoms with Crippen molar-refractivity contribution in [3.05, 3.63) is 27.9 Å². The Labute approximate surface area is 124 Å². The topological polar surface area (TPSA) is 97.2 Å². The zero-order valence-electron chi connectivity index (χ0n) is 13.1. The number of rotatable bonds is 5. The second-order valence-electron chi connectivity index (χ2n) is 6.07. The molecule has 0 spiro atoms. The van der Waals surface area contributed by atoms with Gasteiger partial charge in [-0.3, -0.25) is 14.9 Å². The molecule has 1 atom stereocenters. The molecule has 116 valence electrons. The summed E-state index contributed by atoms with van der Waals surface area (Å²) in [7, 11) is 1.64. The maximum absolute atomic E-state index is 12.2. The van der Waals surface area contributed by atoms with E-state index >= 15 is 0 Å². The van der Waals surface area contributed by atoms with Crippen LogP contribution in [0.1, 0.15) is 38.1 Å². The van der Waals surface area contributed by atoms with Gasteiger partial charge >= 0.3 is 0 Å². The number of nitrogens with one attached hydrogen (secondary N) is 2. The molecule has 0 saturated heterocycles. The van der Waals surface area contributed by atoms with E-state index in [0.717, 1.165) is 6.20 Å². The summed E-state index contributed by atoms with van der Waals surface area (Å²) >= 11 is 0. The Morgan fingerprint density at radius 1 is 1.48 bits per heavy atom. The minimum atomic E-state index is -0.603. The maximum atomic E-state index is 12.2. The van der Waals surface area contributed by atoms with Gasteiger partial charge in [0.1, 0.15) is 17.6 Å². The molecule has 7 heteroatoms. The second-order valence-corrected chi connectivity index (χ2v) is 6.07. The first-order valence-electron chi connectivity index (χ1n) is 6.77. The molecule has 1 rings (SSSR count). The Balaban J connectivity index is 2.93. The molecule has 0 radical (unpaired) electrons. The first kappa shape index (κ1) is 16.9. The zero-order valence-corrected chi connectivity index (χ0v) is 13.1. The number of pyridine rings is 1. The summed E-state index contributed by atoms with van der Waals surface area (Å²) in [5, 5.41) is 16.5. The van der Waals surface area contributed by atoms with Gasteiger partial charge in [0.15, 0.2) is 0 Å². The van der Waals surface area contributed by atoms with E-state index in [1.807, 2.05) is 6.92 Å². The van der Waals surface area contributed by atoms with Crippen LogP contribution in [0, 0.1) is 21.4 Å². The zero-order chi connectivity index (χ0) is 16.2. The lowest BCUT2D eigenvalue weighted by Crippen LogP contribution is -2.34. The van der Waals surface area contributed by atoms with Crippen LogP contribution in [-0.2, 0) is 0 Å². The fraction of sp³-hybridized carbons (Fsp3) is 0.571. The Kier molecular flexibility index (Phi) is 5.23. The van der Waals surface area contributed by atoms with Crippen molar-refractivity contribution in [1.82, 2.24) is 10.3 Å². The standard InChI is InChI=1S/C14H22N4O3/c1-9(14(2,3)4)7-17-13(19)10-6-12(15-5)16-8-11(10)18(20)21/h6,8-9H,7H2,1-5H3,(H,15,16)(H,17,19). The van der Waals surface area contributed by atoms with Crippen molar-refractivity contribution in [2.45, 2.75) is 27.7 Å². The predicted molar refractivity (Wildman–Crippen MR) is 81.4 cm³/mol. The molecule has 0 aliphatic heterocycles. The van der Waals surface area contributed by atoms with Crippen LogP contribution in [0.3, 0.4) is 0 Å². The first-order valence-corrected chi connectivity index (χ1v) is 6.77. The van der Waals surface area contributed by atoms with Gasteiger partial charge < -0.3 is 10.6 Å². The number of hydrogen-bond acceptors (Lipinski definition) is 5. The molecule has 7 nitrogen and oxygen atoms in total. The van der Waals surface area contributed by atoms with E-state index in [0.29, 0.717) is 12.4 Å². The van der Waals surface area contributed by atoms with Gasteiger partial charge in [-0.25, -0.2) is 4.98 Å². The first-order chi connectivity index (χ1) is 9.66. The van der Waals surface area contributed by atoms with E-state index in [4.69, 9.17) is 0 Å². The van der Waals surface area contributed by atoms with Crippen molar-refractivity contribution < 1.29 is 9.72 Å². The van der Waals surface area contributed by atoms with Gasteiger partial charge in [0, 0.05) is 19.7 Å². The molecule has 1 heterocycles. The van der Waals surface area contributed by atoms with Gasteiger partial charge in [0.05, 0.1) is 4.92 Å². The van der Waals surface area contributed by atoms with E-state index < -0.39 is 10.8 Å². The molecule has 1 aromatic heterocycles. The van der Waals surface area contributed by atoms with Crippen LogP contribution in [0.5, 0.6) is 0 Å². The van der Waals surface area contributed by atoms with Crippen molar-refractivity contribution in [1.29, 1.82) is 0 Å². The summed E-state index contributed by atoms with van der Waals surface area (Å²) in [6.45, 7) is 8.73. The number of carbonyl (C=O) groups is 1. The van der Waals surface area contributed by atoms with Crippen LogP contribution < -0.4 is 10.6 Å². The molecule has 0 aliphatic carbocycles. The van der Waals surface area contributed by atoms with Crippen LogP contribution in [0.15, 0.2) is 12.3 Å². The van der Waals surface area contributed by atoms with E-state index in [1.165, 1.54) is 6.07 Å². The van der Waals surface area contributed by atoms with E-state index in [-0.39, 0.29) is 22.6 Å². The highest BCUT2D eigenvalue weighted by Gasteiger charge is 2.24. The van der Waals surface area contributed by atoms with Crippen molar-refractivity contribution in [3.8, 4) is 0 Å². The van der Waals surface area contributed by atoms with E-state index in [1.54, 1.807) is 7.05 Å². The largest absolute Gasteiger partial charge is 0.373 e. The monoisotopic (exact) mass is 294 g/mol. The van der Waals surface area contributed by atoms with Gasteiger partial charge in [-0.2, -0.15) is 0 Å². The average Bonchev–Trinajstić information content (AvgIpc) is 2.42. The van der Waals surface area contributed by atoms with E-state index in [9.17, 15) is 14.9 Å². The Hall–Kier alpha value is -2.18. The SMILES string of the molecule is CNc1cc(C(=O)NCC(C)C(C)(C)C)c([N+](=O)[O-])cn1. The molecule has 0 aliphatic rings. The molecule has 0 aromatic carbocycles. The van der Waals surface area contributed by atoms with Gasteiger partial charge in [0.2, 0.25) is 0 Å². The van der Waals surface area contributed by atoms with Crippen molar-refractivity contribution >= 4 is 17.4 Å². The lowest BCUT2D eigenvalue weighted by molar-refractivity contribution is -0.385. The third kappa shape index (κ3) is 4.40. The number of aromatic nitrogens is 1. The summed E-state index contributed by atoms with van der Waals surface area (Å²) < 4.78 is 0. The van der Waals surface area contributed by atoms with Crippen LogP contribution in [-0.4, -0.2) is 29.4 Å². The molecule has 0 bridgehead atoms. The summed E-state index contributed by atoms with van der Waals surface area (Å²) in [5.74, 6) is 0.192. The molecule has 1 unspecified atom stereocenters. The lowest BCUT2D eigenvalue weighted by atomic mass is 9.82. The highest BCUT2D eigenvalue weighted by atomic mass is 16.6. The number of hydrogen-bond donors (Lipinski definition) is 2. The highest BCUT2D eigenvalue weighted by Crippen LogP contribution is 2.25. The number of carbonyl (C=O) groups excluding carboxylic acids is 1. The fourth-order valence-corrected chi connectivity index (χ4v) is 1.56. The number of nitrogens with zero attached hydrogens (tertiary/aromatic N) is 2. The van der Waals surface area contributed by atoms with Crippen molar-refractivity contribution in [2.75, 3.05) is 18.9 Å². The van der Waals surface area contributed by atoms with E-state index in [2.05, 4.69) is 36.4 Å². The van der Waals surface area contributed by atoms with Crippen molar-refractivity contribution in [3.63, 3.8) is 0 Å². The van der Waals surface area contributed by atoms with Crippen LogP contribution >= 0.6 is 0 Å². The average molecular weight is 294 g/mol. The maximum Gasteiger partial charge on any atom is 0.300 e. The second kappa shape index (κ2) is 6.51. The Morgan fingerprint density at radius 2 is 2.10 bits per heavy atom. The normalized spacial score (nSPS) is 12.6. The number of amides is 1. The predicted octanol–water partition coefficient (Wildman–Crippen LogP) is 2.44. The summed E-state index contributed by atoms with van der Waals surface area (Å²) in [6.07, 6.45) is 1.09. The molecule has 1 amide bonds. The fourth-order valence-electron chi connectivity index (χ4n) is 1.56. The van der Waals surface area contributed by atoms with Crippen LogP contribution in [0.2, 0.25) is 0 Å². The minimum Gasteiger partial charge on any atom is -0.373 e. The van der Waals surface area contributed by atoms with Crippen molar-refractivity contribution in [2.24, 2.45) is 11.3 Å². The Morgan fingerprint density at radius 3 is 2.57 bits per heavy atom. The molecule has 2 N–H and O–H groups in total. The van der Waals surface area contributed by atoms with Crippen LogP contribution in [0.25, 0.3) is 0 Å². The summed E-state index contributed by atoms with van der Waals surface area (Å²) in [4.78, 5) is 26.4. The number of nitro groups is 1. The molecular weight excluding hydrogens is 272 g/mol. The smallest absolute Gasteiger partial charge is 0.300 e. The third-order valence-electron chi connectivity index (χ3n) is 3.63. The van der Waals surface area contributed by atoms with Crippen LogP contribution in [0.4, 0.5) is 11.5 Å². The molecular formula is C14H22N4O3. The number of anilines is 1. The molecule has 21 heavy (non-hydrogen) atoms. The van der Waals surface area contributed by atoms with Gasteiger partial charge in [-0.1, -0.05) is 27.7 Å². The minimum absolute atomic E-state index is 0.0143. The Bertz CT molecular complexity index is 538. The lowest BCUT2D eigenvalue weighted by Gasteiger charge is -2.27. The molecule has 0 fully saturated rings. The quantitative estimate of drug-likeness (QED) is 0.642. The van der Waals surface area contributed by atoms with Gasteiger partial charge in [-0.15, -0.1) is 0 Å². The molecule has 0 saturated carbocycles. The third-order valence-corrected chi connectivity index (χ3v) is 3.63. The van der Waals surface area contributed by atoms with Gasteiger partial charge in [0.25, 0.3) is 11.6 Å².